The number of carbonyl (C=O) groups is 1. The van der Waals surface area contributed by atoms with E-state index in [1.165, 1.54) is 27.5 Å². The normalized spacial score (nSPS) is 14.3. The predicted octanol–water partition coefficient (Wildman–Crippen LogP) is 3.73. The SMILES string of the molecule is O=CO.c1ccc(CN2CCNCC2)c(CCc2cccc3ccccc23)c1. The van der Waals surface area contributed by atoms with E-state index in [1.807, 2.05) is 0 Å². The zero-order valence-electron chi connectivity index (χ0n) is 16.2. The minimum atomic E-state index is -0.250. The molecule has 1 aliphatic heterocycles. The van der Waals surface area contributed by atoms with Crippen LogP contribution >= 0.6 is 0 Å². The molecule has 3 aromatic carbocycles. The molecule has 1 fully saturated rings. The van der Waals surface area contributed by atoms with Crippen LogP contribution in [0.5, 0.6) is 0 Å². The summed E-state index contributed by atoms with van der Waals surface area (Å²) in [6.45, 7) is 5.35. The number of rotatable bonds is 5. The van der Waals surface area contributed by atoms with Crippen LogP contribution in [0.3, 0.4) is 0 Å². The van der Waals surface area contributed by atoms with Crippen LogP contribution in [0.2, 0.25) is 0 Å². The van der Waals surface area contributed by atoms with Gasteiger partial charge in [0.25, 0.3) is 6.47 Å². The van der Waals surface area contributed by atoms with E-state index in [1.54, 1.807) is 0 Å². The van der Waals surface area contributed by atoms with Crippen molar-refractivity contribution in [3.8, 4) is 0 Å². The van der Waals surface area contributed by atoms with Gasteiger partial charge in [-0.2, -0.15) is 0 Å². The Kier molecular flexibility index (Phi) is 7.59. The first-order chi connectivity index (χ1) is 13.8. The minimum absolute atomic E-state index is 0.250. The second-order valence-corrected chi connectivity index (χ2v) is 7.04. The Hall–Kier alpha value is -2.69. The van der Waals surface area contributed by atoms with Crippen molar-refractivity contribution in [2.24, 2.45) is 0 Å². The number of benzene rings is 3. The average molecular weight is 376 g/mol. The van der Waals surface area contributed by atoms with Gasteiger partial charge in [-0.25, -0.2) is 0 Å². The average Bonchev–Trinajstić information content (AvgIpc) is 2.74. The molecule has 2 N–H and O–H groups in total. The van der Waals surface area contributed by atoms with Crippen molar-refractivity contribution in [3.63, 3.8) is 0 Å². The third-order valence-corrected chi connectivity index (χ3v) is 5.27. The molecule has 3 aromatic rings. The van der Waals surface area contributed by atoms with Crippen LogP contribution in [0.25, 0.3) is 10.8 Å². The van der Waals surface area contributed by atoms with Crippen LogP contribution in [-0.2, 0) is 24.2 Å². The Labute approximate surface area is 166 Å². The van der Waals surface area contributed by atoms with Gasteiger partial charge in [-0.1, -0.05) is 66.7 Å². The molecule has 0 atom stereocenters. The van der Waals surface area contributed by atoms with E-state index < -0.39 is 0 Å². The maximum atomic E-state index is 8.36. The molecular weight excluding hydrogens is 348 g/mol. The van der Waals surface area contributed by atoms with Crippen LogP contribution < -0.4 is 5.32 Å². The molecule has 0 bridgehead atoms. The van der Waals surface area contributed by atoms with E-state index in [0.717, 1.165) is 45.6 Å². The van der Waals surface area contributed by atoms with E-state index in [2.05, 4.69) is 76.9 Å². The highest BCUT2D eigenvalue weighted by atomic mass is 16.3. The lowest BCUT2D eigenvalue weighted by Crippen LogP contribution is -2.43. The summed E-state index contributed by atoms with van der Waals surface area (Å²) in [5.74, 6) is 0. The van der Waals surface area contributed by atoms with Gasteiger partial charge < -0.3 is 10.4 Å². The molecule has 1 aliphatic rings. The highest BCUT2D eigenvalue weighted by molar-refractivity contribution is 5.85. The molecule has 0 aliphatic carbocycles. The van der Waals surface area contributed by atoms with E-state index >= 15 is 0 Å². The summed E-state index contributed by atoms with van der Waals surface area (Å²) < 4.78 is 0. The highest BCUT2D eigenvalue weighted by Gasteiger charge is 2.12. The third-order valence-electron chi connectivity index (χ3n) is 5.27. The Morgan fingerprint density at radius 3 is 2.18 bits per heavy atom. The first-order valence-corrected chi connectivity index (χ1v) is 9.86. The maximum Gasteiger partial charge on any atom is 0.290 e. The number of hydrogen-bond acceptors (Lipinski definition) is 3. The zero-order valence-corrected chi connectivity index (χ0v) is 16.2. The molecule has 28 heavy (non-hydrogen) atoms. The summed E-state index contributed by atoms with van der Waals surface area (Å²) in [6, 6.07) is 24.4. The van der Waals surface area contributed by atoms with Gasteiger partial charge in [-0.3, -0.25) is 9.69 Å². The maximum absolute atomic E-state index is 8.36. The van der Waals surface area contributed by atoms with Gasteiger partial charge in [0.2, 0.25) is 0 Å². The second-order valence-electron chi connectivity index (χ2n) is 7.04. The number of carboxylic acid groups (broad SMARTS) is 1. The number of hydrogen-bond donors (Lipinski definition) is 2. The van der Waals surface area contributed by atoms with E-state index in [4.69, 9.17) is 9.90 Å². The zero-order chi connectivity index (χ0) is 19.6. The molecule has 0 radical (unpaired) electrons. The first kappa shape index (κ1) is 20.1. The minimum Gasteiger partial charge on any atom is -0.483 e. The quantitative estimate of drug-likeness (QED) is 0.666. The van der Waals surface area contributed by atoms with Crippen molar-refractivity contribution >= 4 is 17.2 Å². The van der Waals surface area contributed by atoms with Gasteiger partial charge >= 0.3 is 0 Å². The van der Waals surface area contributed by atoms with Gasteiger partial charge in [0.1, 0.15) is 0 Å². The van der Waals surface area contributed by atoms with Crippen LogP contribution in [0.15, 0.2) is 66.7 Å². The fourth-order valence-corrected chi connectivity index (χ4v) is 3.85. The Balaban J connectivity index is 0.000000706. The van der Waals surface area contributed by atoms with Gasteiger partial charge in [-0.05, 0) is 40.3 Å². The van der Waals surface area contributed by atoms with Crippen LogP contribution in [0, 0.1) is 0 Å². The summed E-state index contributed by atoms with van der Waals surface area (Å²) in [5, 5.41) is 13.1. The third kappa shape index (κ3) is 5.41. The summed E-state index contributed by atoms with van der Waals surface area (Å²) in [6.07, 6.45) is 2.20. The number of piperazine rings is 1. The molecule has 4 nitrogen and oxygen atoms in total. The van der Waals surface area contributed by atoms with Crippen molar-refractivity contribution in [3.05, 3.63) is 83.4 Å². The Morgan fingerprint density at radius 2 is 1.39 bits per heavy atom. The second kappa shape index (κ2) is 10.6. The van der Waals surface area contributed by atoms with E-state index in [0.29, 0.717) is 0 Å². The fraction of sp³-hybridized carbons (Fsp3) is 0.292. The standard InChI is InChI=1S/C23H26N2.CH2O2/c1-2-8-22(18-25-16-14-24-15-17-25)19(6-1)12-13-21-10-5-9-20-7-3-4-11-23(20)21;2-1-3/h1-11,24H,12-18H2;1H,(H,2,3). The lowest BCUT2D eigenvalue weighted by atomic mass is 9.96. The number of nitrogens with zero attached hydrogens (tertiary/aromatic N) is 1. The van der Waals surface area contributed by atoms with Gasteiger partial charge in [0, 0.05) is 32.7 Å². The number of fused-ring (bicyclic) bond motifs is 1. The smallest absolute Gasteiger partial charge is 0.290 e. The summed E-state index contributed by atoms with van der Waals surface area (Å²) in [5.41, 5.74) is 4.44. The summed E-state index contributed by atoms with van der Waals surface area (Å²) in [7, 11) is 0. The molecule has 0 amide bonds. The predicted molar refractivity (Wildman–Crippen MR) is 115 cm³/mol. The lowest BCUT2D eigenvalue weighted by molar-refractivity contribution is -0.122. The molecule has 0 aromatic heterocycles. The number of nitrogens with one attached hydrogen (secondary N) is 1. The molecule has 1 saturated heterocycles. The molecule has 1 heterocycles. The van der Waals surface area contributed by atoms with Crippen molar-refractivity contribution in [1.29, 1.82) is 0 Å². The molecule has 0 spiro atoms. The van der Waals surface area contributed by atoms with E-state index in [-0.39, 0.29) is 6.47 Å². The van der Waals surface area contributed by atoms with Gasteiger partial charge in [-0.15, -0.1) is 0 Å². The Bertz CT molecular complexity index is 883. The van der Waals surface area contributed by atoms with Gasteiger partial charge in [0.05, 0.1) is 0 Å². The Morgan fingerprint density at radius 1 is 0.821 bits per heavy atom. The van der Waals surface area contributed by atoms with Crippen molar-refractivity contribution in [1.82, 2.24) is 10.2 Å². The molecule has 4 heteroatoms. The van der Waals surface area contributed by atoms with Crippen molar-refractivity contribution in [2.45, 2.75) is 19.4 Å². The topological polar surface area (TPSA) is 52.6 Å². The number of aryl methyl sites for hydroxylation is 2. The van der Waals surface area contributed by atoms with E-state index in [9.17, 15) is 0 Å². The lowest BCUT2D eigenvalue weighted by Gasteiger charge is -2.28. The molecule has 0 saturated carbocycles. The highest BCUT2D eigenvalue weighted by Crippen LogP contribution is 2.21. The largest absolute Gasteiger partial charge is 0.483 e. The van der Waals surface area contributed by atoms with Crippen LogP contribution in [0.4, 0.5) is 0 Å². The summed E-state index contributed by atoms with van der Waals surface area (Å²) >= 11 is 0. The molecule has 0 unspecified atom stereocenters. The molecular formula is C24H28N2O2. The first-order valence-electron chi connectivity index (χ1n) is 9.86. The summed E-state index contributed by atoms with van der Waals surface area (Å²) in [4.78, 5) is 10.9. The molecule has 146 valence electrons. The van der Waals surface area contributed by atoms with Crippen LogP contribution in [0.1, 0.15) is 16.7 Å². The van der Waals surface area contributed by atoms with Gasteiger partial charge in [0.15, 0.2) is 0 Å². The monoisotopic (exact) mass is 376 g/mol. The van der Waals surface area contributed by atoms with Crippen LogP contribution in [-0.4, -0.2) is 42.7 Å². The molecule has 4 rings (SSSR count). The fourth-order valence-electron chi connectivity index (χ4n) is 3.85. The van der Waals surface area contributed by atoms with Crippen molar-refractivity contribution in [2.75, 3.05) is 26.2 Å². The van der Waals surface area contributed by atoms with Crippen molar-refractivity contribution < 1.29 is 9.90 Å².